The molecule has 90 valence electrons. The van der Waals surface area contributed by atoms with Gasteiger partial charge in [-0.05, 0) is 24.1 Å². The monoisotopic (exact) mass is 306 g/mol. The highest BCUT2D eigenvalue weighted by molar-refractivity contribution is 9.10. The summed E-state index contributed by atoms with van der Waals surface area (Å²) < 4.78 is 27.0. The average Bonchev–Trinajstić information content (AvgIpc) is 2.19. The first kappa shape index (κ1) is 13.5. The Hall–Kier alpha value is -0.590. The number of benzene rings is 1. The zero-order valence-corrected chi connectivity index (χ0v) is 11.6. The summed E-state index contributed by atoms with van der Waals surface area (Å²) in [6.07, 6.45) is 0. The van der Waals surface area contributed by atoms with E-state index < -0.39 is 10.0 Å². The number of nitrogens with one attached hydrogen (secondary N) is 1. The van der Waals surface area contributed by atoms with Gasteiger partial charge in [0.25, 0.3) is 0 Å². The van der Waals surface area contributed by atoms with Crippen LogP contribution in [0.5, 0.6) is 0 Å². The molecular weight excluding hydrogens is 292 g/mol. The van der Waals surface area contributed by atoms with Gasteiger partial charge in [0.05, 0.1) is 5.69 Å². The normalized spacial score (nSPS) is 12.0. The molecule has 4 nitrogen and oxygen atoms in total. The molecule has 1 rings (SSSR count). The average molecular weight is 307 g/mol. The second kappa shape index (κ2) is 5.16. The molecule has 0 aliphatic carbocycles. The van der Waals surface area contributed by atoms with Crippen molar-refractivity contribution in [1.29, 1.82) is 0 Å². The summed E-state index contributed by atoms with van der Waals surface area (Å²) in [5, 5.41) is 0. The maximum absolute atomic E-state index is 11.9. The van der Waals surface area contributed by atoms with E-state index in [1.807, 2.05) is 13.8 Å². The van der Waals surface area contributed by atoms with E-state index in [0.29, 0.717) is 11.0 Å². The van der Waals surface area contributed by atoms with Crippen molar-refractivity contribution in [2.45, 2.75) is 18.7 Å². The van der Waals surface area contributed by atoms with E-state index in [9.17, 15) is 8.42 Å². The van der Waals surface area contributed by atoms with Crippen LogP contribution in [0, 0.1) is 5.92 Å². The van der Waals surface area contributed by atoms with Crippen molar-refractivity contribution < 1.29 is 8.42 Å². The Morgan fingerprint density at radius 2 is 2.06 bits per heavy atom. The summed E-state index contributed by atoms with van der Waals surface area (Å²) in [5.41, 5.74) is 5.89. The zero-order chi connectivity index (χ0) is 12.3. The Bertz CT molecular complexity index is 472. The Balaban J connectivity index is 3.02. The van der Waals surface area contributed by atoms with Gasteiger partial charge in [-0.3, -0.25) is 0 Å². The van der Waals surface area contributed by atoms with E-state index in [0.717, 1.165) is 0 Å². The number of hydrogen-bond donors (Lipinski definition) is 2. The summed E-state index contributed by atoms with van der Waals surface area (Å²) in [6, 6.07) is 4.77. The third kappa shape index (κ3) is 3.47. The van der Waals surface area contributed by atoms with E-state index in [-0.39, 0.29) is 16.5 Å². The lowest BCUT2D eigenvalue weighted by Crippen LogP contribution is -2.28. The van der Waals surface area contributed by atoms with Crippen molar-refractivity contribution in [3.63, 3.8) is 0 Å². The third-order valence-corrected chi connectivity index (χ3v) is 3.92. The zero-order valence-electron chi connectivity index (χ0n) is 9.20. The van der Waals surface area contributed by atoms with Crippen LogP contribution >= 0.6 is 15.9 Å². The second-order valence-corrected chi connectivity index (χ2v) is 6.58. The van der Waals surface area contributed by atoms with Gasteiger partial charge in [-0.1, -0.05) is 29.8 Å². The van der Waals surface area contributed by atoms with Gasteiger partial charge in [-0.25, -0.2) is 13.1 Å². The lowest BCUT2D eigenvalue weighted by molar-refractivity contribution is 0.560. The summed E-state index contributed by atoms with van der Waals surface area (Å²) in [7, 11) is -3.51. The minimum absolute atomic E-state index is 0.113. The van der Waals surface area contributed by atoms with Gasteiger partial charge in [0.15, 0.2) is 0 Å². The molecule has 0 fully saturated rings. The second-order valence-electron chi connectivity index (χ2n) is 3.93. The van der Waals surface area contributed by atoms with Crippen LogP contribution in [-0.2, 0) is 10.0 Å². The first-order valence-corrected chi connectivity index (χ1v) is 7.15. The van der Waals surface area contributed by atoms with Crippen LogP contribution in [0.2, 0.25) is 0 Å². The number of nitrogen functional groups attached to an aromatic ring is 1. The molecule has 1 aromatic carbocycles. The van der Waals surface area contributed by atoms with E-state index in [1.54, 1.807) is 12.1 Å². The van der Waals surface area contributed by atoms with Crippen LogP contribution in [0.4, 0.5) is 5.69 Å². The molecule has 0 radical (unpaired) electrons. The topological polar surface area (TPSA) is 72.2 Å². The van der Waals surface area contributed by atoms with Crippen molar-refractivity contribution in [2.75, 3.05) is 12.3 Å². The maximum atomic E-state index is 11.9. The van der Waals surface area contributed by atoms with E-state index in [4.69, 9.17) is 5.73 Å². The molecule has 0 saturated carbocycles. The van der Waals surface area contributed by atoms with Gasteiger partial charge in [0.2, 0.25) is 10.0 Å². The number of halogens is 1. The molecule has 0 saturated heterocycles. The van der Waals surface area contributed by atoms with Crippen molar-refractivity contribution in [3.8, 4) is 0 Å². The van der Waals surface area contributed by atoms with Gasteiger partial charge in [0, 0.05) is 11.0 Å². The SMILES string of the molecule is CC(C)CNS(=O)(=O)c1cc(Br)ccc1N. The molecule has 0 spiro atoms. The molecule has 6 heteroatoms. The van der Waals surface area contributed by atoms with E-state index >= 15 is 0 Å². The minimum atomic E-state index is -3.51. The summed E-state index contributed by atoms with van der Waals surface area (Å²) in [6.45, 7) is 4.27. The lowest BCUT2D eigenvalue weighted by atomic mass is 10.2. The summed E-state index contributed by atoms with van der Waals surface area (Å²) in [5.74, 6) is 0.253. The van der Waals surface area contributed by atoms with Crippen molar-refractivity contribution in [1.82, 2.24) is 4.72 Å². The van der Waals surface area contributed by atoms with Crippen molar-refractivity contribution in [2.24, 2.45) is 5.92 Å². The van der Waals surface area contributed by atoms with Crippen LogP contribution in [-0.4, -0.2) is 15.0 Å². The minimum Gasteiger partial charge on any atom is -0.398 e. The number of nitrogens with two attached hydrogens (primary N) is 1. The van der Waals surface area contributed by atoms with Crippen LogP contribution in [0.3, 0.4) is 0 Å². The Morgan fingerprint density at radius 1 is 1.44 bits per heavy atom. The molecule has 0 amide bonds. The molecule has 0 unspecified atom stereocenters. The highest BCUT2D eigenvalue weighted by atomic mass is 79.9. The molecule has 16 heavy (non-hydrogen) atoms. The van der Waals surface area contributed by atoms with Crippen LogP contribution in [0.15, 0.2) is 27.6 Å². The van der Waals surface area contributed by atoms with Crippen molar-refractivity contribution >= 4 is 31.6 Å². The molecule has 0 bridgehead atoms. The van der Waals surface area contributed by atoms with Crippen LogP contribution in [0.1, 0.15) is 13.8 Å². The van der Waals surface area contributed by atoms with Gasteiger partial charge in [0.1, 0.15) is 4.90 Å². The molecule has 0 aliphatic heterocycles. The quantitative estimate of drug-likeness (QED) is 0.835. The highest BCUT2D eigenvalue weighted by Crippen LogP contribution is 2.22. The molecule has 3 N–H and O–H groups in total. The van der Waals surface area contributed by atoms with Gasteiger partial charge < -0.3 is 5.73 Å². The van der Waals surface area contributed by atoms with Gasteiger partial charge in [-0.15, -0.1) is 0 Å². The first-order chi connectivity index (χ1) is 7.33. The first-order valence-electron chi connectivity index (χ1n) is 4.87. The number of rotatable bonds is 4. The predicted octanol–water partition coefficient (Wildman–Crippen LogP) is 1.97. The fourth-order valence-electron chi connectivity index (χ4n) is 1.10. The fraction of sp³-hybridized carbons (Fsp3) is 0.400. The molecule has 0 atom stereocenters. The Kier molecular flexibility index (Phi) is 4.35. The van der Waals surface area contributed by atoms with Crippen molar-refractivity contribution in [3.05, 3.63) is 22.7 Å². The van der Waals surface area contributed by atoms with Crippen LogP contribution in [0.25, 0.3) is 0 Å². The van der Waals surface area contributed by atoms with Crippen LogP contribution < -0.4 is 10.5 Å². The third-order valence-electron chi connectivity index (χ3n) is 1.95. The van der Waals surface area contributed by atoms with Gasteiger partial charge in [-0.2, -0.15) is 0 Å². The smallest absolute Gasteiger partial charge is 0.242 e. The molecule has 0 aromatic heterocycles. The molecule has 1 aromatic rings. The number of hydrogen-bond acceptors (Lipinski definition) is 3. The Morgan fingerprint density at radius 3 is 2.62 bits per heavy atom. The van der Waals surface area contributed by atoms with E-state index in [1.165, 1.54) is 6.07 Å². The number of sulfonamides is 1. The van der Waals surface area contributed by atoms with E-state index in [2.05, 4.69) is 20.7 Å². The molecule has 0 aliphatic rings. The number of anilines is 1. The fourth-order valence-corrected chi connectivity index (χ4v) is 2.98. The standard InChI is InChI=1S/C10H15BrN2O2S/c1-7(2)6-13-16(14,15)10-5-8(11)3-4-9(10)12/h3-5,7,13H,6,12H2,1-2H3. The van der Waals surface area contributed by atoms with Gasteiger partial charge >= 0.3 is 0 Å². The molecular formula is C10H15BrN2O2S. The molecule has 0 heterocycles. The Labute approximate surface area is 104 Å². The largest absolute Gasteiger partial charge is 0.398 e. The highest BCUT2D eigenvalue weighted by Gasteiger charge is 2.17. The summed E-state index contributed by atoms with van der Waals surface area (Å²) in [4.78, 5) is 0.113. The summed E-state index contributed by atoms with van der Waals surface area (Å²) >= 11 is 3.22. The predicted molar refractivity (Wildman–Crippen MR) is 68.6 cm³/mol. The lowest BCUT2D eigenvalue weighted by Gasteiger charge is -2.10. The maximum Gasteiger partial charge on any atom is 0.242 e.